The van der Waals surface area contributed by atoms with Crippen molar-refractivity contribution in [3.63, 3.8) is 0 Å². The number of sulfonamides is 2. The molecule has 1 aromatic carbocycles. The van der Waals surface area contributed by atoms with Gasteiger partial charge in [-0.1, -0.05) is 18.0 Å². The zero-order chi connectivity index (χ0) is 21.7. The molecule has 3 aliphatic heterocycles. The molecule has 1 aromatic rings. The van der Waals surface area contributed by atoms with Crippen LogP contribution in [-0.4, -0.2) is 76.8 Å². The van der Waals surface area contributed by atoms with Crippen molar-refractivity contribution in [1.29, 1.82) is 0 Å². The van der Waals surface area contributed by atoms with Crippen molar-refractivity contribution in [3.05, 3.63) is 22.7 Å². The molecule has 0 aromatic heterocycles. The number of nitrogens with zero attached hydrogens (tertiary/aromatic N) is 4. The lowest BCUT2D eigenvalue weighted by atomic mass is 10.1. The molecule has 0 atom stereocenters. The van der Waals surface area contributed by atoms with Gasteiger partial charge in [0, 0.05) is 39.1 Å². The summed E-state index contributed by atoms with van der Waals surface area (Å²) in [6.07, 6.45) is 4.51. The molecule has 0 N–H and O–H groups in total. The smallest absolute Gasteiger partial charge is 0.286 e. The summed E-state index contributed by atoms with van der Waals surface area (Å²) in [4.78, 5) is 16.4. The molecular formula is C18H23ClN4O5S2. The third-order valence-corrected chi connectivity index (χ3v) is 8.61. The van der Waals surface area contributed by atoms with Crippen molar-refractivity contribution in [2.75, 3.05) is 43.9 Å². The van der Waals surface area contributed by atoms with Gasteiger partial charge in [0.05, 0.1) is 22.5 Å². The minimum atomic E-state index is -3.93. The van der Waals surface area contributed by atoms with E-state index >= 15 is 0 Å². The molecule has 12 heteroatoms. The molecule has 0 saturated carbocycles. The summed E-state index contributed by atoms with van der Waals surface area (Å²) in [6, 6.07) is 2.85. The second-order valence-electron chi connectivity index (χ2n) is 7.70. The first kappa shape index (κ1) is 21.5. The number of fused-ring (bicyclic) bond motifs is 3. The largest absolute Gasteiger partial charge is 0.336 e. The Morgan fingerprint density at radius 1 is 1.07 bits per heavy atom. The van der Waals surface area contributed by atoms with Crippen molar-refractivity contribution in [2.45, 2.75) is 30.6 Å². The first-order valence-electron chi connectivity index (χ1n) is 9.77. The van der Waals surface area contributed by atoms with Gasteiger partial charge < -0.3 is 9.80 Å². The number of hydrogen-bond acceptors (Lipinski definition) is 6. The van der Waals surface area contributed by atoms with Gasteiger partial charge in [0.1, 0.15) is 10.7 Å². The number of hydrogen-bond donors (Lipinski definition) is 0. The van der Waals surface area contributed by atoms with E-state index in [1.807, 2.05) is 4.90 Å². The van der Waals surface area contributed by atoms with Crippen LogP contribution in [0.2, 0.25) is 5.02 Å². The number of anilines is 1. The molecule has 0 bridgehead atoms. The van der Waals surface area contributed by atoms with E-state index in [1.54, 1.807) is 0 Å². The highest BCUT2D eigenvalue weighted by atomic mass is 35.5. The number of carbonyl (C=O) groups excluding carboxylic acids is 1. The molecule has 2 fully saturated rings. The summed E-state index contributed by atoms with van der Waals surface area (Å²) < 4.78 is 54.3. The fraction of sp³-hybridized carbons (Fsp3) is 0.556. The van der Waals surface area contributed by atoms with Gasteiger partial charge in [-0.3, -0.25) is 4.79 Å². The predicted octanol–water partition coefficient (Wildman–Crippen LogP) is 1.54. The zero-order valence-electron chi connectivity index (χ0n) is 16.5. The molecule has 0 spiro atoms. The van der Waals surface area contributed by atoms with Gasteiger partial charge in [-0.05, 0) is 25.0 Å². The zero-order valence-corrected chi connectivity index (χ0v) is 18.9. The molecule has 9 nitrogen and oxygen atoms in total. The van der Waals surface area contributed by atoms with Crippen molar-refractivity contribution >= 4 is 49.1 Å². The van der Waals surface area contributed by atoms with Gasteiger partial charge in [-0.2, -0.15) is 12.7 Å². The van der Waals surface area contributed by atoms with Crippen molar-refractivity contribution in [2.24, 2.45) is 4.40 Å². The third-order valence-electron chi connectivity index (χ3n) is 5.66. The molecule has 4 rings (SSSR count). The standard InChI is InChI=1S/C18H23ClN4O5S2/c1-29(25,26)22-9-7-21(8-10-22)18(24)13-11-16-15(12-14(13)19)23-6-4-2-3-5-17(23)20-30(16,27)28/h11-12H,2-10H2,1H3. The summed E-state index contributed by atoms with van der Waals surface area (Å²) in [7, 11) is -7.25. The maximum atomic E-state index is 13.0. The first-order valence-corrected chi connectivity index (χ1v) is 13.4. The first-order chi connectivity index (χ1) is 14.1. The Labute approximate surface area is 181 Å². The number of amides is 1. The third kappa shape index (κ3) is 3.95. The van der Waals surface area contributed by atoms with E-state index in [9.17, 15) is 21.6 Å². The van der Waals surface area contributed by atoms with Gasteiger partial charge in [0.25, 0.3) is 15.9 Å². The van der Waals surface area contributed by atoms with Gasteiger partial charge in [-0.15, -0.1) is 4.40 Å². The van der Waals surface area contributed by atoms with Crippen LogP contribution in [0.5, 0.6) is 0 Å². The fourth-order valence-electron chi connectivity index (χ4n) is 4.05. The molecule has 3 heterocycles. The highest BCUT2D eigenvalue weighted by Crippen LogP contribution is 2.38. The molecule has 1 amide bonds. The lowest BCUT2D eigenvalue weighted by molar-refractivity contribution is 0.0698. The van der Waals surface area contributed by atoms with Crippen LogP contribution >= 0.6 is 11.6 Å². The maximum absolute atomic E-state index is 13.0. The SMILES string of the molecule is CS(=O)(=O)N1CCN(C(=O)c2cc3c(cc2Cl)N2CCCCCC2=NS3(=O)=O)CC1. The summed E-state index contributed by atoms with van der Waals surface area (Å²) in [6.45, 7) is 1.44. The monoisotopic (exact) mass is 474 g/mol. The quantitative estimate of drug-likeness (QED) is 0.643. The molecule has 0 aliphatic carbocycles. The van der Waals surface area contributed by atoms with Crippen LogP contribution in [0.1, 0.15) is 36.0 Å². The number of benzene rings is 1. The summed E-state index contributed by atoms with van der Waals surface area (Å²) >= 11 is 6.43. The molecule has 0 radical (unpaired) electrons. The average molecular weight is 475 g/mol. The Balaban J connectivity index is 1.66. The highest BCUT2D eigenvalue weighted by Gasteiger charge is 2.34. The summed E-state index contributed by atoms with van der Waals surface area (Å²) in [5.74, 6) is 0.101. The van der Waals surface area contributed by atoms with E-state index in [0.717, 1.165) is 25.5 Å². The van der Waals surface area contributed by atoms with Crippen molar-refractivity contribution in [1.82, 2.24) is 9.21 Å². The highest BCUT2D eigenvalue weighted by molar-refractivity contribution is 7.90. The fourth-order valence-corrected chi connectivity index (χ4v) is 6.38. The van der Waals surface area contributed by atoms with Crippen molar-refractivity contribution < 1.29 is 21.6 Å². The molecule has 164 valence electrons. The average Bonchev–Trinajstić information content (AvgIpc) is 2.91. The van der Waals surface area contributed by atoms with Crippen LogP contribution in [0.25, 0.3) is 0 Å². The van der Waals surface area contributed by atoms with Gasteiger partial charge >= 0.3 is 0 Å². The van der Waals surface area contributed by atoms with Gasteiger partial charge in [0.2, 0.25) is 10.0 Å². The second kappa shape index (κ2) is 7.77. The van der Waals surface area contributed by atoms with E-state index in [1.165, 1.54) is 21.3 Å². The number of halogens is 1. The van der Waals surface area contributed by atoms with E-state index in [2.05, 4.69) is 4.40 Å². The van der Waals surface area contributed by atoms with Crippen LogP contribution in [0, 0.1) is 0 Å². The number of piperazine rings is 1. The Morgan fingerprint density at radius 2 is 1.77 bits per heavy atom. The van der Waals surface area contributed by atoms with Crippen LogP contribution < -0.4 is 4.90 Å². The number of rotatable bonds is 2. The lowest BCUT2D eigenvalue weighted by Crippen LogP contribution is -2.50. The summed E-state index contributed by atoms with van der Waals surface area (Å²) in [5, 5.41) is 0.171. The Hall–Kier alpha value is -1.69. The van der Waals surface area contributed by atoms with Gasteiger partial charge in [-0.25, -0.2) is 8.42 Å². The molecule has 0 unspecified atom stereocenters. The van der Waals surface area contributed by atoms with Crippen molar-refractivity contribution in [3.8, 4) is 0 Å². The number of carbonyl (C=O) groups is 1. The van der Waals surface area contributed by atoms with E-state index < -0.39 is 26.0 Å². The van der Waals surface area contributed by atoms with E-state index in [4.69, 9.17) is 11.6 Å². The van der Waals surface area contributed by atoms with Gasteiger partial charge in [0.15, 0.2) is 0 Å². The lowest BCUT2D eigenvalue weighted by Gasteiger charge is -2.34. The Morgan fingerprint density at radius 3 is 2.43 bits per heavy atom. The minimum absolute atomic E-state index is 0.0179. The molecule has 30 heavy (non-hydrogen) atoms. The van der Waals surface area contributed by atoms with E-state index in [0.29, 0.717) is 24.5 Å². The second-order valence-corrected chi connectivity index (χ2v) is 11.7. The van der Waals surface area contributed by atoms with Crippen LogP contribution in [0.15, 0.2) is 21.4 Å². The van der Waals surface area contributed by atoms with Crippen LogP contribution in [0.3, 0.4) is 0 Å². The van der Waals surface area contributed by atoms with Crippen LogP contribution in [-0.2, 0) is 20.0 Å². The summed E-state index contributed by atoms with van der Waals surface area (Å²) in [5.41, 5.74) is 0.547. The number of amidine groups is 1. The topological polar surface area (TPSA) is 107 Å². The van der Waals surface area contributed by atoms with E-state index in [-0.39, 0.29) is 41.7 Å². The minimum Gasteiger partial charge on any atom is -0.336 e. The Bertz CT molecular complexity index is 1130. The maximum Gasteiger partial charge on any atom is 0.286 e. The Kier molecular flexibility index (Phi) is 5.58. The predicted molar refractivity (Wildman–Crippen MR) is 114 cm³/mol. The molecular weight excluding hydrogens is 452 g/mol. The normalized spacial score (nSPS) is 22.0. The van der Waals surface area contributed by atoms with Crippen LogP contribution in [0.4, 0.5) is 5.69 Å². The molecule has 2 saturated heterocycles. The molecule has 3 aliphatic rings.